The van der Waals surface area contributed by atoms with Crippen LogP contribution in [0.3, 0.4) is 0 Å². The summed E-state index contributed by atoms with van der Waals surface area (Å²) in [6.07, 6.45) is 1.73. The van der Waals surface area contributed by atoms with Gasteiger partial charge in [0, 0.05) is 0 Å². The molecular weight excluding hydrogens is 168 g/mol. The lowest BCUT2D eigenvalue weighted by molar-refractivity contribution is -0.133. The van der Waals surface area contributed by atoms with Crippen molar-refractivity contribution in [3.8, 4) is 0 Å². The summed E-state index contributed by atoms with van der Waals surface area (Å²) >= 11 is 0. The molecule has 0 aromatic heterocycles. The number of rotatable bonds is 2. The van der Waals surface area contributed by atoms with Gasteiger partial charge in [-0.2, -0.15) is 0 Å². The maximum Gasteiger partial charge on any atom is 0.163 e. The van der Waals surface area contributed by atoms with Gasteiger partial charge in [0.2, 0.25) is 0 Å². The molecule has 1 saturated heterocycles. The highest BCUT2D eigenvalue weighted by Gasteiger charge is 2.31. The van der Waals surface area contributed by atoms with Gasteiger partial charge in [-0.25, -0.2) is 0 Å². The second kappa shape index (κ2) is 3.60. The predicted octanol–water partition coefficient (Wildman–Crippen LogP) is 1.67. The first-order valence-electron chi connectivity index (χ1n) is 4.42. The van der Waals surface area contributed by atoms with E-state index >= 15 is 0 Å². The Hall–Kier alpha value is -0.670. The van der Waals surface area contributed by atoms with E-state index in [2.05, 4.69) is 0 Å². The summed E-state index contributed by atoms with van der Waals surface area (Å²) in [5, 5.41) is 0. The number of hydrogen-bond acceptors (Lipinski definition) is 3. The quantitative estimate of drug-likeness (QED) is 0.612. The van der Waals surface area contributed by atoms with Crippen LogP contribution in [-0.4, -0.2) is 24.3 Å². The molecule has 1 aliphatic rings. The molecule has 0 spiro atoms. The lowest BCUT2D eigenvalue weighted by Crippen LogP contribution is -2.21. The minimum Gasteiger partial charge on any atom is -0.347 e. The van der Waals surface area contributed by atoms with E-state index in [4.69, 9.17) is 9.47 Å². The Labute approximate surface area is 78.7 Å². The average molecular weight is 184 g/mol. The first kappa shape index (κ1) is 10.4. The van der Waals surface area contributed by atoms with Gasteiger partial charge in [-0.15, -0.1) is 0 Å². The van der Waals surface area contributed by atoms with Crippen LogP contribution < -0.4 is 0 Å². The van der Waals surface area contributed by atoms with Crippen molar-refractivity contribution in [1.82, 2.24) is 0 Å². The van der Waals surface area contributed by atoms with Crippen molar-refractivity contribution < 1.29 is 14.3 Å². The number of ketones is 1. The summed E-state index contributed by atoms with van der Waals surface area (Å²) in [6, 6.07) is 0. The molecule has 1 heterocycles. The fourth-order valence-corrected chi connectivity index (χ4v) is 1.19. The van der Waals surface area contributed by atoms with Gasteiger partial charge in [-0.05, 0) is 39.3 Å². The number of carbonyl (C=O) groups excluding carboxylic acids is 1. The lowest BCUT2D eigenvalue weighted by Gasteiger charge is -2.15. The monoisotopic (exact) mass is 184 g/mol. The van der Waals surface area contributed by atoms with Gasteiger partial charge in [0.15, 0.2) is 11.6 Å². The first-order chi connectivity index (χ1) is 5.91. The smallest absolute Gasteiger partial charge is 0.163 e. The van der Waals surface area contributed by atoms with Gasteiger partial charge in [0.25, 0.3) is 0 Å². The van der Waals surface area contributed by atoms with Crippen LogP contribution in [0.4, 0.5) is 0 Å². The molecule has 13 heavy (non-hydrogen) atoms. The van der Waals surface area contributed by atoms with E-state index in [1.54, 1.807) is 13.8 Å². The topological polar surface area (TPSA) is 35.5 Å². The Balaban J connectivity index is 2.58. The van der Waals surface area contributed by atoms with Crippen molar-refractivity contribution in [1.29, 1.82) is 0 Å². The molecular formula is C10H16O3. The Morgan fingerprint density at radius 3 is 2.46 bits per heavy atom. The van der Waals surface area contributed by atoms with Crippen molar-refractivity contribution in [2.24, 2.45) is 0 Å². The Kier molecular flexibility index (Phi) is 2.88. The van der Waals surface area contributed by atoms with Crippen LogP contribution in [0.1, 0.15) is 27.7 Å². The van der Waals surface area contributed by atoms with Crippen molar-refractivity contribution in [2.45, 2.75) is 39.6 Å². The minimum absolute atomic E-state index is 0.0771. The van der Waals surface area contributed by atoms with Gasteiger partial charge < -0.3 is 9.47 Å². The average Bonchev–Trinajstić information content (AvgIpc) is 2.30. The van der Waals surface area contributed by atoms with E-state index < -0.39 is 5.79 Å². The molecule has 1 aliphatic heterocycles. The van der Waals surface area contributed by atoms with E-state index in [0.717, 1.165) is 5.57 Å². The first-order valence-corrected chi connectivity index (χ1v) is 4.42. The van der Waals surface area contributed by atoms with E-state index in [0.29, 0.717) is 6.61 Å². The number of hydrogen-bond donors (Lipinski definition) is 0. The Morgan fingerprint density at radius 2 is 2.08 bits per heavy atom. The zero-order chi connectivity index (χ0) is 10.1. The molecule has 0 aromatic rings. The van der Waals surface area contributed by atoms with Crippen LogP contribution in [0, 0.1) is 0 Å². The Morgan fingerprint density at radius 1 is 1.46 bits per heavy atom. The number of allylic oxidation sites excluding steroid dienone is 1. The molecule has 74 valence electrons. The fraction of sp³-hybridized carbons (Fsp3) is 0.700. The Bertz CT molecular complexity index is 241. The van der Waals surface area contributed by atoms with E-state index in [1.165, 1.54) is 0 Å². The summed E-state index contributed by atoms with van der Waals surface area (Å²) in [4.78, 5) is 10.9. The summed E-state index contributed by atoms with van der Waals surface area (Å²) < 4.78 is 10.9. The number of carbonyl (C=O) groups is 1. The summed E-state index contributed by atoms with van der Waals surface area (Å²) in [5.41, 5.74) is 0.728. The third-order valence-corrected chi connectivity index (χ3v) is 2.02. The molecule has 0 aromatic carbocycles. The van der Waals surface area contributed by atoms with Gasteiger partial charge in [-0.3, -0.25) is 4.79 Å². The van der Waals surface area contributed by atoms with Crippen molar-refractivity contribution in [3.05, 3.63) is 11.6 Å². The second-order valence-corrected chi connectivity index (χ2v) is 3.77. The third kappa shape index (κ3) is 2.94. The van der Waals surface area contributed by atoms with Crippen LogP contribution in [0.2, 0.25) is 0 Å². The largest absolute Gasteiger partial charge is 0.347 e. The third-order valence-electron chi connectivity index (χ3n) is 2.02. The molecule has 1 atom stereocenters. The van der Waals surface area contributed by atoms with Crippen LogP contribution in [0.5, 0.6) is 0 Å². The van der Waals surface area contributed by atoms with E-state index in [-0.39, 0.29) is 11.9 Å². The maximum absolute atomic E-state index is 10.9. The number of ether oxygens (including phenoxy) is 2. The molecule has 1 fully saturated rings. The molecule has 0 aliphatic carbocycles. The van der Waals surface area contributed by atoms with Crippen LogP contribution >= 0.6 is 0 Å². The zero-order valence-corrected chi connectivity index (χ0v) is 8.59. The van der Waals surface area contributed by atoms with Crippen LogP contribution in [0.25, 0.3) is 0 Å². The summed E-state index contributed by atoms with van der Waals surface area (Å²) in [5.74, 6) is -0.439. The fourth-order valence-electron chi connectivity index (χ4n) is 1.19. The van der Waals surface area contributed by atoms with Crippen LogP contribution in [-0.2, 0) is 14.3 Å². The van der Waals surface area contributed by atoms with Crippen molar-refractivity contribution in [2.75, 3.05) is 6.61 Å². The molecule has 0 bridgehead atoms. The molecule has 0 radical (unpaired) electrons. The zero-order valence-electron chi connectivity index (χ0n) is 8.59. The molecule has 0 amide bonds. The molecule has 1 rings (SSSR count). The van der Waals surface area contributed by atoms with Gasteiger partial charge >= 0.3 is 0 Å². The molecule has 0 saturated carbocycles. The highest BCUT2D eigenvalue weighted by Crippen LogP contribution is 2.23. The summed E-state index contributed by atoms with van der Waals surface area (Å²) in [6.45, 7) is 7.59. The standard InChI is InChI=1S/C10H16O3/c1-7(8(2)11)5-9-6-12-10(3,4)13-9/h5,9H,6H2,1-4H3/b7-5+/t9-/m0/s1. The van der Waals surface area contributed by atoms with E-state index in [9.17, 15) is 4.79 Å². The summed E-state index contributed by atoms with van der Waals surface area (Å²) in [7, 11) is 0. The molecule has 0 N–H and O–H groups in total. The SMILES string of the molecule is CC(=O)/C(C)=C/[C@H]1COC(C)(C)O1. The minimum atomic E-state index is -0.516. The normalized spacial score (nSPS) is 27.7. The highest BCUT2D eigenvalue weighted by atomic mass is 16.7. The van der Waals surface area contributed by atoms with Crippen molar-refractivity contribution in [3.63, 3.8) is 0 Å². The molecule has 3 heteroatoms. The van der Waals surface area contributed by atoms with Gasteiger partial charge in [0.1, 0.15) is 6.10 Å². The number of Topliss-reactive ketones (excluding diaryl/α,β-unsaturated/α-hetero) is 1. The van der Waals surface area contributed by atoms with E-state index in [1.807, 2.05) is 19.9 Å². The molecule has 0 unspecified atom stereocenters. The highest BCUT2D eigenvalue weighted by molar-refractivity contribution is 5.92. The van der Waals surface area contributed by atoms with Crippen LogP contribution in [0.15, 0.2) is 11.6 Å². The maximum atomic E-state index is 10.9. The lowest BCUT2D eigenvalue weighted by atomic mass is 10.1. The molecule has 3 nitrogen and oxygen atoms in total. The van der Waals surface area contributed by atoms with Gasteiger partial charge in [-0.1, -0.05) is 0 Å². The van der Waals surface area contributed by atoms with Gasteiger partial charge in [0.05, 0.1) is 6.61 Å². The predicted molar refractivity (Wildman–Crippen MR) is 49.3 cm³/mol. The second-order valence-electron chi connectivity index (χ2n) is 3.77. The van der Waals surface area contributed by atoms with Crippen molar-refractivity contribution >= 4 is 5.78 Å².